The van der Waals surface area contributed by atoms with E-state index in [4.69, 9.17) is 4.74 Å². The lowest BCUT2D eigenvalue weighted by molar-refractivity contribution is -0.123. The van der Waals surface area contributed by atoms with Gasteiger partial charge in [-0.3, -0.25) is 9.59 Å². The zero-order valence-corrected chi connectivity index (χ0v) is 16.2. The number of ether oxygens (including phenoxy) is 1. The van der Waals surface area contributed by atoms with Gasteiger partial charge < -0.3 is 15.4 Å². The number of carbonyl (C=O) groups excluding carboxylic acids is 2. The van der Waals surface area contributed by atoms with E-state index in [0.29, 0.717) is 18.7 Å². The number of benzene rings is 2. The monoisotopic (exact) mass is 452 g/mol. The molecule has 0 radical (unpaired) electrons. The Labute approximate surface area is 161 Å². The van der Waals surface area contributed by atoms with Crippen LogP contribution in [-0.4, -0.2) is 18.4 Å². The van der Waals surface area contributed by atoms with E-state index in [1.165, 1.54) is 0 Å². The molecule has 0 aromatic heterocycles. The summed E-state index contributed by atoms with van der Waals surface area (Å²) in [6.45, 7) is 2.31. The van der Waals surface area contributed by atoms with Crippen LogP contribution in [0.2, 0.25) is 0 Å². The average molecular weight is 452 g/mol. The molecule has 25 heavy (non-hydrogen) atoms. The van der Waals surface area contributed by atoms with Gasteiger partial charge in [-0.05, 0) is 71.0 Å². The summed E-state index contributed by atoms with van der Waals surface area (Å²) in [6.07, 6.45) is 1.30. The van der Waals surface area contributed by atoms with Gasteiger partial charge in [0.2, 0.25) is 5.91 Å². The number of carbonyl (C=O) groups is 2. The fraction of sp³-hybridized carbons (Fsp3) is 0.263. The summed E-state index contributed by atoms with van der Waals surface area (Å²) >= 11 is 2.21. The molecule has 0 fully saturated rings. The van der Waals surface area contributed by atoms with E-state index in [9.17, 15) is 9.59 Å². The summed E-state index contributed by atoms with van der Waals surface area (Å²) in [7, 11) is 0. The lowest BCUT2D eigenvalue weighted by Gasteiger charge is -2.09. The van der Waals surface area contributed by atoms with Crippen LogP contribution in [0.4, 0.5) is 5.69 Å². The maximum atomic E-state index is 11.9. The normalized spacial score (nSPS) is 10.2. The SMILES string of the molecule is CCCC(=O)Nc1cccc(CNC(=O)COc2ccc(I)cc2)c1. The maximum absolute atomic E-state index is 11.9. The highest BCUT2D eigenvalue weighted by Crippen LogP contribution is 2.13. The minimum absolute atomic E-state index is 0.00499. The van der Waals surface area contributed by atoms with Crippen molar-refractivity contribution in [1.29, 1.82) is 0 Å². The van der Waals surface area contributed by atoms with E-state index in [2.05, 4.69) is 33.2 Å². The maximum Gasteiger partial charge on any atom is 0.258 e. The topological polar surface area (TPSA) is 67.4 Å². The number of halogens is 1. The molecule has 0 saturated carbocycles. The summed E-state index contributed by atoms with van der Waals surface area (Å²) in [5.74, 6) is 0.463. The first-order valence-electron chi connectivity index (χ1n) is 8.10. The lowest BCUT2D eigenvalue weighted by atomic mass is 10.2. The van der Waals surface area contributed by atoms with Crippen LogP contribution in [0, 0.1) is 3.57 Å². The van der Waals surface area contributed by atoms with Gasteiger partial charge in [-0.25, -0.2) is 0 Å². The van der Waals surface area contributed by atoms with Crippen molar-refractivity contribution < 1.29 is 14.3 Å². The predicted molar refractivity (Wildman–Crippen MR) is 106 cm³/mol. The van der Waals surface area contributed by atoms with E-state index in [1.807, 2.05) is 55.5 Å². The van der Waals surface area contributed by atoms with Gasteiger partial charge >= 0.3 is 0 Å². The lowest BCUT2D eigenvalue weighted by Crippen LogP contribution is -2.28. The number of amides is 2. The highest BCUT2D eigenvalue weighted by atomic mass is 127. The van der Waals surface area contributed by atoms with Crippen LogP contribution < -0.4 is 15.4 Å². The van der Waals surface area contributed by atoms with E-state index >= 15 is 0 Å². The van der Waals surface area contributed by atoms with Gasteiger partial charge in [-0.2, -0.15) is 0 Å². The van der Waals surface area contributed by atoms with E-state index in [0.717, 1.165) is 21.2 Å². The van der Waals surface area contributed by atoms with Gasteiger partial charge in [0.15, 0.2) is 6.61 Å². The van der Waals surface area contributed by atoms with Crippen LogP contribution in [0.15, 0.2) is 48.5 Å². The molecule has 0 atom stereocenters. The summed E-state index contributed by atoms with van der Waals surface area (Å²) < 4.78 is 6.55. The molecular weight excluding hydrogens is 431 g/mol. The molecule has 132 valence electrons. The smallest absolute Gasteiger partial charge is 0.258 e. The van der Waals surface area contributed by atoms with Crippen molar-refractivity contribution in [3.05, 3.63) is 57.7 Å². The van der Waals surface area contributed by atoms with Crippen LogP contribution in [0.25, 0.3) is 0 Å². The largest absolute Gasteiger partial charge is 0.484 e. The second-order valence-electron chi connectivity index (χ2n) is 5.52. The van der Waals surface area contributed by atoms with E-state index < -0.39 is 0 Å². The minimum atomic E-state index is -0.195. The minimum Gasteiger partial charge on any atom is -0.484 e. The van der Waals surface area contributed by atoms with Crippen LogP contribution in [-0.2, 0) is 16.1 Å². The highest BCUT2D eigenvalue weighted by molar-refractivity contribution is 14.1. The van der Waals surface area contributed by atoms with Crippen LogP contribution in [0.3, 0.4) is 0 Å². The second kappa shape index (κ2) is 10.0. The average Bonchev–Trinajstić information content (AvgIpc) is 2.60. The van der Waals surface area contributed by atoms with Crippen LogP contribution >= 0.6 is 22.6 Å². The van der Waals surface area contributed by atoms with Gasteiger partial charge in [0.1, 0.15) is 5.75 Å². The molecule has 5 nitrogen and oxygen atoms in total. The quantitative estimate of drug-likeness (QED) is 0.600. The molecule has 2 N–H and O–H groups in total. The summed E-state index contributed by atoms with van der Waals surface area (Å²) in [4.78, 5) is 23.5. The third kappa shape index (κ3) is 7.13. The molecule has 2 aromatic carbocycles. The van der Waals surface area contributed by atoms with Crippen molar-refractivity contribution in [3.8, 4) is 5.75 Å². The fourth-order valence-corrected chi connectivity index (χ4v) is 2.50. The first-order valence-corrected chi connectivity index (χ1v) is 9.18. The first-order chi connectivity index (χ1) is 12.1. The van der Waals surface area contributed by atoms with Gasteiger partial charge in [-0.1, -0.05) is 19.1 Å². The molecule has 0 spiro atoms. The highest BCUT2D eigenvalue weighted by Gasteiger charge is 2.05. The van der Waals surface area contributed by atoms with Gasteiger partial charge in [-0.15, -0.1) is 0 Å². The molecule has 0 aliphatic rings. The predicted octanol–water partition coefficient (Wildman–Crippen LogP) is 3.73. The Morgan fingerprint density at radius 3 is 2.56 bits per heavy atom. The second-order valence-corrected chi connectivity index (χ2v) is 6.76. The van der Waals surface area contributed by atoms with Gasteiger partial charge in [0.25, 0.3) is 5.91 Å². The summed E-state index contributed by atoms with van der Waals surface area (Å²) in [5, 5.41) is 5.65. The zero-order valence-electron chi connectivity index (χ0n) is 14.0. The number of hydrogen-bond donors (Lipinski definition) is 2. The fourth-order valence-electron chi connectivity index (χ4n) is 2.14. The standard InChI is InChI=1S/C19H21IN2O3/c1-2-4-18(23)22-16-6-3-5-14(11-16)12-21-19(24)13-25-17-9-7-15(20)8-10-17/h3,5-11H,2,4,12-13H2,1H3,(H,21,24)(H,22,23). The van der Waals surface area contributed by atoms with Crippen LogP contribution in [0.5, 0.6) is 5.75 Å². The zero-order chi connectivity index (χ0) is 18.1. The Balaban J connectivity index is 1.79. The number of hydrogen-bond acceptors (Lipinski definition) is 3. The Hall–Kier alpha value is -2.09. The van der Waals surface area contributed by atoms with Crippen molar-refractivity contribution >= 4 is 40.1 Å². The Kier molecular flexibility index (Phi) is 7.72. The van der Waals surface area contributed by atoms with Crippen molar-refractivity contribution in [1.82, 2.24) is 5.32 Å². The molecule has 2 amide bonds. The van der Waals surface area contributed by atoms with Crippen LogP contribution in [0.1, 0.15) is 25.3 Å². The van der Waals surface area contributed by atoms with Crippen molar-refractivity contribution in [3.63, 3.8) is 0 Å². The molecule has 0 heterocycles. The molecule has 2 aromatic rings. The Bertz CT molecular complexity index is 717. The molecule has 0 saturated heterocycles. The third-order valence-corrected chi connectivity index (χ3v) is 4.08. The molecule has 0 aliphatic heterocycles. The van der Waals surface area contributed by atoms with E-state index in [-0.39, 0.29) is 18.4 Å². The molecule has 2 rings (SSSR count). The molecule has 6 heteroatoms. The Morgan fingerprint density at radius 1 is 1.08 bits per heavy atom. The number of rotatable bonds is 8. The van der Waals surface area contributed by atoms with E-state index in [1.54, 1.807) is 0 Å². The van der Waals surface area contributed by atoms with Gasteiger partial charge in [0, 0.05) is 22.2 Å². The summed E-state index contributed by atoms with van der Waals surface area (Å²) in [5.41, 5.74) is 1.65. The van der Waals surface area contributed by atoms with Crippen molar-refractivity contribution in [2.45, 2.75) is 26.3 Å². The number of nitrogens with one attached hydrogen (secondary N) is 2. The van der Waals surface area contributed by atoms with Crippen molar-refractivity contribution in [2.24, 2.45) is 0 Å². The number of anilines is 1. The van der Waals surface area contributed by atoms with Gasteiger partial charge in [0.05, 0.1) is 0 Å². The molecule has 0 aliphatic carbocycles. The molecular formula is C19H21IN2O3. The first kappa shape index (κ1) is 19.2. The molecule has 0 bridgehead atoms. The Morgan fingerprint density at radius 2 is 1.84 bits per heavy atom. The molecule has 0 unspecified atom stereocenters. The van der Waals surface area contributed by atoms with Crippen molar-refractivity contribution in [2.75, 3.05) is 11.9 Å². The summed E-state index contributed by atoms with van der Waals surface area (Å²) in [6, 6.07) is 14.9. The third-order valence-electron chi connectivity index (χ3n) is 3.36.